The number of carbonyl (C=O) groups excluding carboxylic acids is 1. The van der Waals surface area contributed by atoms with Gasteiger partial charge in [-0.3, -0.25) is 4.79 Å². The third-order valence-corrected chi connectivity index (χ3v) is 1.58. The van der Waals surface area contributed by atoms with Gasteiger partial charge >= 0.3 is 0 Å². The minimum atomic E-state index is 0.0151. The Morgan fingerprint density at radius 2 is 2.17 bits per heavy atom. The fraction of sp³-hybridized carbons (Fsp3) is 0.700. The van der Waals surface area contributed by atoms with E-state index < -0.39 is 0 Å². The van der Waals surface area contributed by atoms with E-state index in [1.165, 1.54) is 6.42 Å². The van der Waals surface area contributed by atoms with E-state index in [1.807, 2.05) is 6.92 Å². The molecule has 0 aliphatic rings. The summed E-state index contributed by atoms with van der Waals surface area (Å²) in [6.45, 7) is 7.01. The maximum atomic E-state index is 10.9. The first-order chi connectivity index (χ1) is 5.66. The van der Waals surface area contributed by atoms with Crippen molar-refractivity contribution in [3.05, 3.63) is 12.2 Å². The molecular formula is C10H19NO. The summed E-state index contributed by atoms with van der Waals surface area (Å²) in [5, 5.41) is 2.81. The molecule has 0 aromatic heterocycles. The van der Waals surface area contributed by atoms with Gasteiger partial charge in [0, 0.05) is 6.54 Å². The molecule has 1 N–H and O–H groups in total. The van der Waals surface area contributed by atoms with E-state index in [0.717, 1.165) is 18.9 Å². The molecule has 0 aliphatic carbocycles. The second kappa shape index (κ2) is 6.89. The zero-order chi connectivity index (χ0) is 9.40. The molecule has 0 rings (SSSR count). The maximum absolute atomic E-state index is 10.9. The minimum Gasteiger partial charge on any atom is -0.353 e. The van der Waals surface area contributed by atoms with Crippen molar-refractivity contribution in [1.82, 2.24) is 5.32 Å². The summed E-state index contributed by atoms with van der Waals surface area (Å²) in [7, 11) is 0. The topological polar surface area (TPSA) is 29.1 Å². The van der Waals surface area contributed by atoms with Crippen molar-refractivity contribution in [3.63, 3.8) is 0 Å². The van der Waals surface area contributed by atoms with Crippen LogP contribution >= 0.6 is 0 Å². The van der Waals surface area contributed by atoms with E-state index in [1.54, 1.807) is 12.2 Å². The van der Waals surface area contributed by atoms with E-state index in [4.69, 9.17) is 0 Å². The number of carbonyl (C=O) groups is 1. The molecule has 0 aromatic rings. The predicted molar refractivity (Wildman–Crippen MR) is 51.9 cm³/mol. The highest BCUT2D eigenvalue weighted by atomic mass is 16.1. The quantitative estimate of drug-likeness (QED) is 0.495. The van der Waals surface area contributed by atoms with Gasteiger partial charge in [-0.2, -0.15) is 0 Å². The summed E-state index contributed by atoms with van der Waals surface area (Å²) in [5.41, 5.74) is 0. The number of hydrogen-bond acceptors (Lipinski definition) is 1. The highest BCUT2D eigenvalue weighted by molar-refractivity contribution is 5.87. The maximum Gasteiger partial charge on any atom is 0.243 e. The molecule has 0 saturated carbocycles. The molecule has 0 heterocycles. The van der Waals surface area contributed by atoms with Crippen molar-refractivity contribution in [1.29, 1.82) is 0 Å². The third kappa shape index (κ3) is 7.32. The second-order valence-electron chi connectivity index (χ2n) is 3.33. The van der Waals surface area contributed by atoms with Crippen LogP contribution in [0.25, 0.3) is 0 Å². The smallest absolute Gasteiger partial charge is 0.243 e. The van der Waals surface area contributed by atoms with Gasteiger partial charge in [0.05, 0.1) is 0 Å². The fourth-order valence-corrected chi connectivity index (χ4v) is 0.932. The molecule has 0 fully saturated rings. The average molecular weight is 169 g/mol. The van der Waals surface area contributed by atoms with Crippen LogP contribution in [0.1, 0.15) is 33.6 Å². The summed E-state index contributed by atoms with van der Waals surface area (Å²) in [5.74, 6) is 0.741. The van der Waals surface area contributed by atoms with Gasteiger partial charge in [0.2, 0.25) is 5.91 Å². The minimum absolute atomic E-state index is 0.0151. The lowest BCUT2D eigenvalue weighted by molar-refractivity contribution is -0.116. The second-order valence-corrected chi connectivity index (χ2v) is 3.33. The van der Waals surface area contributed by atoms with Crippen molar-refractivity contribution < 1.29 is 4.79 Å². The van der Waals surface area contributed by atoms with Crippen LogP contribution < -0.4 is 5.32 Å². The summed E-state index contributed by atoms with van der Waals surface area (Å²) in [4.78, 5) is 10.9. The first-order valence-corrected chi connectivity index (χ1v) is 4.57. The van der Waals surface area contributed by atoms with Crippen molar-refractivity contribution in [2.75, 3.05) is 6.54 Å². The highest BCUT2D eigenvalue weighted by Crippen LogP contribution is 2.01. The lowest BCUT2D eigenvalue weighted by Crippen LogP contribution is -2.22. The molecule has 0 bridgehead atoms. The summed E-state index contributed by atoms with van der Waals surface area (Å²) in [6, 6.07) is 0. The zero-order valence-electron chi connectivity index (χ0n) is 8.26. The Morgan fingerprint density at radius 1 is 1.50 bits per heavy atom. The van der Waals surface area contributed by atoms with E-state index in [-0.39, 0.29) is 5.91 Å². The Balaban J connectivity index is 3.25. The molecule has 1 amide bonds. The largest absolute Gasteiger partial charge is 0.353 e. The van der Waals surface area contributed by atoms with Gasteiger partial charge in [0.1, 0.15) is 0 Å². The Hall–Kier alpha value is -0.790. The van der Waals surface area contributed by atoms with Crippen LogP contribution in [0.15, 0.2) is 12.2 Å². The third-order valence-electron chi connectivity index (χ3n) is 1.58. The van der Waals surface area contributed by atoms with Crippen LogP contribution in [0, 0.1) is 5.92 Å². The molecule has 0 aromatic carbocycles. The van der Waals surface area contributed by atoms with Gasteiger partial charge in [-0.05, 0) is 31.8 Å². The molecule has 0 radical (unpaired) electrons. The van der Waals surface area contributed by atoms with Gasteiger partial charge in [0.15, 0.2) is 0 Å². The van der Waals surface area contributed by atoms with Crippen LogP contribution in [0.2, 0.25) is 0 Å². The molecule has 0 atom stereocenters. The van der Waals surface area contributed by atoms with Crippen LogP contribution in [0.3, 0.4) is 0 Å². The van der Waals surface area contributed by atoms with E-state index >= 15 is 0 Å². The standard InChI is InChI=1S/C10H19NO/c1-4-6-10(12)11-8-5-7-9(2)3/h4,6,9H,5,7-8H2,1-3H3,(H,11,12). The normalized spacial score (nSPS) is 11.0. The summed E-state index contributed by atoms with van der Waals surface area (Å²) in [6.07, 6.45) is 5.55. The Kier molecular flexibility index (Phi) is 6.44. The Labute approximate surface area is 75.0 Å². The first kappa shape index (κ1) is 11.2. The molecule has 0 spiro atoms. The molecule has 0 unspecified atom stereocenters. The lowest BCUT2D eigenvalue weighted by atomic mass is 10.1. The summed E-state index contributed by atoms with van der Waals surface area (Å²) >= 11 is 0. The van der Waals surface area contributed by atoms with Crippen molar-refractivity contribution in [3.8, 4) is 0 Å². The number of rotatable bonds is 5. The Bertz CT molecular complexity index is 150. The highest BCUT2D eigenvalue weighted by Gasteiger charge is 1.95. The van der Waals surface area contributed by atoms with Crippen LogP contribution in [-0.2, 0) is 4.79 Å². The Morgan fingerprint density at radius 3 is 2.67 bits per heavy atom. The van der Waals surface area contributed by atoms with Crippen LogP contribution in [-0.4, -0.2) is 12.5 Å². The molecule has 2 nitrogen and oxygen atoms in total. The van der Waals surface area contributed by atoms with E-state index in [0.29, 0.717) is 0 Å². The van der Waals surface area contributed by atoms with Crippen molar-refractivity contribution in [2.45, 2.75) is 33.6 Å². The van der Waals surface area contributed by atoms with Gasteiger partial charge in [-0.25, -0.2) is 0 Å². The average Bonchev–Trinajstić information content (AvgIpc) is 1.98. The molecular weight excluding hydrogens is 150 g/mol. The van der Waals surface area contributed by atoms with Crippen LogP contribution in [0.4, 0.5) is 0 Å². The van der Waals surface area contributed by atoms with Gasteiger partial charge < -0.3 is 5.32 Å². The summed E-state index contributed by atoms with van der Waals surface area (Å²) < 4.78 is 0. The zero-order valence-corrected chi connectivity index (χ0v) is 8.26. The van der Waals surface area contributed by atoms with E-state index in [2.05, 4.69) is 19.2 Å². The first-order valence-electron chi connectivity index (χ1n) is 4.57. The number of nitrogens with one attached hydrogen (secondary N) is 1. The monoisotopic (exact) mass is 169 g/mol. The van der Waals surface area contributed by atoms with Crippen LogP contribution in [0.5, 0.6) is 0 Å². The molecule has 2 heteroatoms. The fourth-order valence-electron chi connectivity index (χ4n) is 0.932. The van der Waals surface area contributed by atoms with Gasteiger partial charge in [-0.15, -0.1) is 0 Å². The van der Waals surface area contributed by atoms with E-state index in [9.17, 15) is 4.79 Å². The van der Waals surface area contributed by atoms with Crippen molar-refractivity contribution >= 4 is 5.91 Å². The number of amides is 1. The SMILES string of the molecule is CC=CC(=O)NCCCC(C)C. The molecule has 70 valence electrons. The molecule has 0 aliphatic heterocycles. The molecule has 0 saturated heterocycles. The number of allylic oxidation sites excluding steroid dienone is 1. The predicted octanol–water partition coefficient (Wildman–Crippen LogP) is 2.11. The van der Waals surface area contributed by atoms with Crippen molar-refractivity contribution in [2.24, 2.45) is 5.92 Å². The van der Waals surface area contributed by atoms with Gasteiger partial charge in [-0.1, -0.05) is 19.9 Å². The molecule has 12 heavy (non-hydrogen) atoms. The lowest BCUT2D eigenvalue weighted by Gasteiger charge is -2.04. The number of hydrogen-bond donors (Lipinski definition) is 1. The van der Waals surface area contributed by atoms with Gasteiger partial charge in [0.25, 0.3) is 0 Å².